The molecular weight excluding hydrogens is 372 g/mol. The summed E-state index contributed by atoms with van der Waals surface area (Å²) in [6.07, 6.45) is 0.225. The zero-order chi connectivity index (χ0) is 19.7. The number of aryl methyl sites for hydroxylation is 1. The molecule has 144 valence electrons. The van der Waals surface area contributed by atoms with Crippen LogP contribution < -0.4 is 14.4 Å². The molecular formula is C22H22N2O3S. The fourth-order valence-electron chi connectivity index (χ4n) is 3.46. The van der Waals surface area contributed by atoms with Gasteiger partial charge in [0, 0.05) is 23.2 Å². The van der Waals surface area contributed by atoms with Crippen molar-refractivity contribution in [2.24, 2.45) is 0 Å². The molecule has 3 aromatic rings. The van der Waals surface area contributed by atoms with Crippen molar-refractivity contribution < 1.29 is 14.3 Å². The first-order valence-corrected chi connectivity index (χ1v) is 10.1. The number of nitrogens with zero attached hydrogens (tertiary/aromatic N) is 2. The number of thiazole rings is 1. The molecule has 1 atom stereocenters. The van der Waals surface area contributed by atoms with Gasteiger partial charge in [0.15, 0.2) is 17.6 Å². The topological polar surface area (TPSA) is 51.7 Å². The van der Waals surface area contributed by atoms with E-state index >= 15 is 0 Å². The first-order valence-electron chi connectivity index (χ1n) is 9.23. The van der Waals surface area contributed by atoms with E-state index in [0.717, 1.165) is 28.4 Å². The van der Waals surface area contributed by atoms with Crippen LogP contribution in [0.4, 0.5) is 5.69 Å². The van der Waals surface area contributed by atoms with Crippen LogP contribution in [0.5, 0.6) is 11.5 Å². The Bertz CT molecular complexity index is 1010. The third-order valence-electron chi connectivity index (χ3n) is 4.88. The van der Waals surface area contributed by atoms with Crippen LogP contribution in [0.2, 0.25) is 0 Å². The first-order chi connectivity index (χ1) is 13.6. The molecule has 0 bridgehead atoms. The van der Waals surface area contributed by atoms with Gasteiger partial charge in [-0.15, -0.1) is 11.3 Å². The minimum Gasteiger partial charge on any atom is -0.493 e. The molecule has 1 amide bonds. The molecule has 2 aromatic carbocycles. The number of amides is 1. The van der Waals surface area contributed by atoms with Crippen LogP contribution in [0.15, 0.2) is 47.8 Å². The van der Waals surface area contributed by atoms with Gasteiger partial charge in [-0.3, -0.25) is 4.79 Å². The molecule has 5 nitrogen and oxygen atoms in total. The molecule has 4 rings (SSSR count). The number of para-hydroxylation sites is 2. The van der Waals surface area contributed by atoms with E-state index in [2.05, 4.69) is 16.4 Å². The fraction of sp³-hybridized carbons (Fsp3) is 0.273. The van der Waals surface area contributed by atoms with Gasteiger partial charge in [-0.25, -0.2) is 4.98 Å². The number of hydrogen-bond acceptors (Lipinski definition) is 5. The van der Waals surface area contributed by atoms with E-state index in [4.69, 9.17) is 9.47 Å². The van der Waals surface area contributed by atoms with Crippen LogP contribution in [-0.2, 0) is 11.2 Å². The summed E-state index contributed by atoms with van der Waals surface area (Å²) in [5.74, 6) is 1.13. The van der Waals surface area contributed by atoms with Crippen molar-refractivity contribution in [3.63, 3.8) is 0 Å². The summed E-state index contributed by atoms with van der Waals surface area (Å²) in [6, 6.07) is 13.5. The zero-order valence-corrected chi connectivity index (χ0v) is 17.0. The molecule has 0 radical (unpaired) electrons. The molecule has 1 unspecified atom stereocenters. The minimum atomic E-state index is -0.608. The van der Waals surface area contributed by atoms with Gasteiger partial charge in [0.2, 0.25) is 0 Å². The summed E-state index contributed by atoms with van der Waals surface area (Å²) in [5, 5.41) is 3.12. The highest BCUT2D eigenvalue weighted by Crippen LogP contribution is 2.34. The smallest absolute Gasteiger partial charge is 0.267 e. The average molecular weight is 394 g/mol. The minimum absolute atomic E-state index is 0.0538. The molecule has 0 fully saturated rings. The highest BCUT2D eigenvalue weighted by molar-refractivity contribution is 7.09. The van der Waals surface area contributed by atoms with E-state index in [1.54, 1.807) is 25.4 Å². The molecule has 2 heterocycles. The number of hydrogen-bond donors (Lipinski definition) is 0. The van der Waals surface area contributed by atoms with Crippen molar-refractivity contribution >= 4 is 22.9 Å². The van der Waals surface area contributed by atoms with Gasteiger partial charge >= 0.3 is 0 Å². The lowest BCUT2D eigenvalue weighted by Crippen LogP contribution is -2.39. The van der Waals surface area contributed by atoms with Gasteiger partial charge in [0.25, 0.3) is 5.91 Å². The van der Waals surface area contributed by atoms with E-state index in [-0.39, 0.29) is 5.91 Å². The molecule has 1 aromatic heterocycles. The standard InChI is InChI=1S/C22H22N2O3S/c1-14(27-21-7-5-4-6-20(21)26-3)22(25)24-11-10-17-12-16(8-9-19(17)24)18-13-28-15(2)23-18/h4-9,12-14H,10-11H2,1-3H3. The number of fused-ring (bicyclic) bond motifs is 1. The summed E-state index contributed by atoms with van der Waals surface area (Å²) in [5.41, 5.74) is 4.20. The Hall–Kier alpha value is -2.86. The number of methoxy groups -OCH3 is 1. The van der Waals surface area contributed by atoms with E-state index in [0.29, 0.717) is 18.0 Å². The van der Waals surface area contributed by atoms with Gasteiger partial charge in [-0.05, 0) is 50.1 Å². The van der Waals surface area contributed by atoms with Gasteiger partial charge in [0.05, 0.1) is 17.8 Å². The van der Waals surface area contributed by atoms with E-state index < -0.39 is 6.10 Å². The van der Waals surface area contributed by atoms with Gasteiger partial charge in [-0.1, -0.05) is 18.2 Å². The lowest BCUT2D eigenvalue weighted by Gasteiger charge is -2.23. The summed E-state index contributed by atoms with van der Waals surface area (Å²) < 4.78 is 11.2. The van der Waals surface area contributed by atoms with Crippen LogP contribution >= 0.6 is 11.3 Å². The van der Waals surface area contributed by atoms with E-state index in [1.807, 2.05) is 48.2 Å². The van der Waals surface area contributed by atoms with Crippen molar-refractivity contribution in [2.45, 2.75) is 26.4 Å². The molecule has 1 aliphatic rings. The normalized spacial score (nSPS) is 13.9. The number of anilines is 1. The second kappa shape index (κ2) is 7.64. The molecule has 6 heteroatoms. The van der Waals surface area contributed by atoms with Crippen LogP contribution in [0, 0.1) is 6.92 Å². The second-order valence-electron chi connectivity index (χ2n) is 6.75. The average Bonchev–Trinajstić information content (AvgIpc) is 3.33. The zero-order valence-electron chi connectivity index (χ0n) is 16.1. The molecule has 1 aliphatic heterocycles. The van der Waals surface area contributed by atoms with Gasteiger partial charge in [-0.2, -0.15) is 0 Å². The molecule has 0 saturated carbocycles. The Balaban J connectivity index is 1.52. The Morgan fingerprint density at radius 1 is 1.21 bits per heavy atom. The summed E-state index contributed by atoms with van der Waals surface area (Å²) in [4.78, 5) is 19.4. The van der Waals surface area contributed by atoms with Crippen molar-refractivity contribution in [1.29, 1.82) is 0 Å². The van der Waals surface area contributed by atoms with Crippen LogP contribution in [0.1, 0.15) is 17.5 Å². The van der Waals surface area contributed by atoms with Crippen LogP contribution in [-0.4, -0.2) is 30.6 Å². The monoisotopic (exact) mass is 394 g/mol. The Labute approximate surface area is 168 Å². The first kappa shape index (κ1) is 18.5. The van der Waals surface area contributed by atoms with Gasteiger partial charge < -0.3 is 14.4 Å². The number of carbonyl (C=O) groups is 1. The fourth-order valence-corrected chi connectivity index (χ4v) is 4.08. The maximum atomic E-state index is 13.0. The quantitative estimate of drug-likeness (QED) is 0.640. The molecule has 0 saturated heterocycles. The van der Waals surface area contributed by atoms with Crippen molar-refractivity contribution in [2.75, 3.05) is 18.6 Å². The molecule has 28 heavy (non-hydrogen) atoms. The number of rotatable bonds is 5. The number of benzene rings is 2. The third kappa shape index (κ3) is 3.47. The number of ether oxygens (including phenoxy) is 2. The van der Waals surface area contributed by atoms with Gasteiger partial charge in [0.1, 0.15) is 0 Å². The summed E-state index contributed by atoms with van der Waals surface area (Å²) >= 11 is 1.64. The molecule has 0 N–H and O–H groups in total. The maximum absolute atomic E-state index is 13.0. The molecule has 0 aliphatic carbocycles. The Morgan fingerprint density at radius 2 is 2.00 bits per heavy atom. The highest BCUT2D eigenvalue weighted by Gasteiger charge is 2.29. The van der Waals surface area contributed by atoms with Crippen molar-refractivity contribution in [3.05, 3.63) is 58.4 Å². The number of carbonyl (C=O) groups excluding carboxylic acids is 1. The van der Waals surface area contributed by atoms with Crippen LogP contribution in [0.3, 0.4) is 0 Å². The van der Waals surface area contributed by atoms with Crippen molar-refractivity contribution in [3.8, 4) is 22.8 Å². The molecule has 0 spiro atoms. The Morgan fingerprint density at radius 3 is 2.71 bits per heavy atom. The summed E-state index contributed by atoms with van der Waals surface area (Å²) in [6.45, 7) is 4.44. The lowest BCUT2D eigenvalue weighted by molar-refractivity contribution is -0.124. The maximum Gasteiger partial charge on any atom is 0.267 e. The van der Waals surface area contributed by atoms with E-state index in [1.165, 1.54) is 5.56 Å². The van der Waals surface area contributed by atoms with Crippen molar-refractivity contribution in [1.82, 2.24) is 4.98 Å². The predicted octanol–water partition coefficient (Wildman–Crippen LogP) is 4.48. The second-order valence-corrected chi connectivity index (χ2v) is 7.81. The largest absolute Gasteiger partial charge is 0.493 e. The SMILES string of the molecule is COc1ccccc1OC(C)C(=O)N1CCc2cc(-c3csc(C)n3)ccc21. The lowest BCUT2D eigenvalue weighted by atomic mass is 10.1. The number of aromatic nitrogens is 1. The Kier molecular flexibility index (Phi) is 5.05. The third-order valence-corrected chi connectivity index (χ3v) is 5.65. The highest BCUT2D eigenvalue weighted by atomic mass is 32.1. The summed E-state index contributed by atoms with van der Waals surface area (Å²) in [7, 11) is 1.59. The predicted molar refractivity (Wildman–Crippen MR) is 111 cm³/mol. The van der Waals surface area contributed by atoms with E-state index in [9.17, 15) is 4.79 Å². The van der Waals surface area contributed by atoms with Crippen LogP contribution in [0.25, 0.3) is 11.3 Å².